The SMILES string of the molecule is C[C@H](NC(=O)c1ccccc1Cl)C(=O)Nc1nc2c(s1)CCCC2. The van der Waals surface area contributed by atoms with Gasteiger partial charge < -0.3 is 10.6 Å². The maximum atomic E-state index is 12.3. The van der Waals surface area contributed by atoms with E-state index in [-0.39, 0.29) is 11.8 Å². The number of hydrogen-bond acceptors (Lipinski definition) is 4. The summed E-state index contributed by atoms with van der Waals surface area (Å²) in [5.41, 5.74) is 1.44. The molecule has 0 bridgehead atoms. The van der Waals surface area contributed by atoms with Crippen molar-refractivity contribution in [2.75, 3.05) is 5.32 Å². The van der Waals surface area contributed by atoms with Crippen LogP contribution in [0.2, 0.25) is 5.02 Å². The lowest BCUT2D eigenvalue weighted by molar-refractivity contribution is -0.117. The van der Waals surface area contributed by atoms with Gasteiger partial charge in [-0.25, -0.2) is 4.98 Å². The lowest BCUT2D eigenvalue weighted by Crippen LogP contribution is -2.41. The van der Waals surface area contributed by atoms with Crippen LogP contribution in [0, 0.1) is 0 Å². The van der Waals surface area contributed by atoms with Gasteiger partial charge in [0.15, 0.2) is 5.13 Å². The van der Waals surface area contributed by atoms with Crippen LogP contribution in [0.15, 0.2) is 24.3 Å². The molecule has 2 aromatic rings. The van der Waals surface area contributed by atoms with Crippen LogP contribution >= 0.6 is 22.9 Å². The predicted octanol–water partition coefficient (Wildman–Crippen LogP) is 3.43. The average molecular weight is 364 g/mol. The molecule has 2 N–H and O–H groups in total. The summed E-state index contributed by atoms with van der Waals surface area (Å²) in [4.78, 5) is 30.2. The molecule has 3 rings (SSSR count). The lowest BCUT2D eigenvalue weighted by Gasteiger charge is -2.13. The number of anilines is 1. The monoisotopic (exact) mass is 363 g/mol. The van der Waals surface area contributed by atoms with E-state index < -0.39 is 6.04 Å². The van der Waals surface area contributed by atoms with E-state index in [1.54, 1.807) is 31.2 Å². The first-order valence-corrected chi connectivity index (χ1v) is 9.09. The molecule has 1 aromatic heterocycles. The Morgan fingerprint density at radius 1 is 1.25 bits per heavy atom. The van der Waals surface area contributed by atoms with Gasteiger partial charge in [0.2, 0.25) is 5.91 Å². The van der Waals surface area contributed by atoms with Crippen molar-refractivity contribution in [2.24, 2.45) is 0 Å². The number of carbonyl (C=O) groups is 2. The normalized spacial score (nSPS) is 14.6. The molecule has 0 spiro atoms. The van der Waals surface area contributed by atoms with Gasteiger partial charge in [0, 0.05) is 4.88 Å². The number of rotatable bonds is 4. The van der Waals surface area contributed by atoms with E-state index in [1.807, 2.05) is 0 Å². The highest BCUT2D eigenvalue weighted by atomic mass is 35.5. The molecule has 24 heavy (non-hydrogen) atoms. The van der Waals surface area contributed by atoms with Crippen LogP contribution in [0.25, 0.3) is 0 Å². The Morgan fingerprint density at radius 3 is 2.75 bits per heavy atom. The number of nitrogens with zero attached hydrogens (tertiary/aromatic N) is 1. The highest BCUT2D eigenvalue weighted by molar-refractivity contribution is 7.15. The van der Waals surface area contributed by atoms with Gasteiger partial charge >= 0.3 is 0 Å². The summed E-state index contributed by atoms with van der Waals surface area (Å²) in [5, 5.41) is 6.41. The summed E-state index contributed by atoms with van der Waals surface area (Å²) in [6.45, 7) is 1.64. The van der Waals surface area contributed by atoms with Crippen molar-refractivity contribution < 1.29 is 9.59 Å². The molecule has 126 valence electrons. The number of benzene rings is 1. The Balaban J connectivity index is 1.61. The van der Waals surface area contributed by atoms with Crippen LogP contribution in [0.5, 0.6) is 0 Å². The van der Waals surface area contributed by atoms with Crippen molar-refractivity contribution in [3.63, 3.8) is 0 Å². The number of aryl methyl sites for hydroxylation is 2. The van der Waals surface area contributed by atoms with E-state index in [1.165, 1.54) is 22.6 Å². The summed E-state index contributed by atoms with van der Waals surface area (Å²) in [6.07, 6.45) is 4.32. The molecule has 2 amide bonds. The van der Waals surface area contributed by atoms with E-state index in [0.717, 1.165) is 25.0 Å². The van der Waals surface area contributed by atoms with Crippen LogP contribution in [0.1, 0.15) is 40.7 Å². The van der Waals surface area contributed by atoms with E-state index in [9.17, 15) is 9.59 Å². The Bertz CT molecular complexity index is 751. The fraction of sp³-hybridized carbons (Fsp3) is 0.353. The average Bonchev–Trinajstić information content (AvgIpc) is 2.97. The Labute approximate surface area is 149 Å². The van der Waals surface area contributed by atoms with Gasteiger partial charge in [-0.15, -0.1) is 11.3 Å². The third-order valence-corrected chi connectivity index (χ3v) is 5.34. The van der Waals surface area contributed by atoms with Crippen molar-refractivity contribution in [3.05, 3.63) is 45.4 Å². The van der Waals surface area contributed by atoms with Crippen molar-refractivity contribution in [1.82, 2.24) is 10.3 Å². The zero-order valence-corrected chi connectivity index (χ0v) is 14.8. The Morgan fingerprint density at radius 2 is 2.00 bits per heavy atom. The summed E-state index contributed by atoms with van der Waals surface area (Å²) in [5.74, 6) is -0.664. The number of aromatic nitrogens is 1. The summed E-state index contributed by atoms with van der Waals surface area (Å²) in [6, 6.07) is 6.05. The van der Waals surface area contributed by atoms with Crippen molar-refractivity contribution >= 4 is 39.9 Å². The molecule has 1 heterocycles. The lowest BCUT2D eigenvalue weighted by atomic mass is 10.0. The van der Waals surface area contributed by atoms with E-state index in [0.29, 0.717) is 15.7 Å². The molecule has 1 aliphatic rings. The number of amides is 2. The minimum atomic E-state index is -0.685. The predicted molar refractivity (Wildman–Crippen MR) is 95.8 cm³/mol. The largest absolute Gasteiger partial charge is 0.340 e. The fourth-order valence-electron chi connectivity index (χ4n) is 2.60. The fourth-order valence-corrected chi connectivity index (χ4v) is 3.88. The van der Waals surface area contributed by atoms with Crippen LogP contribution in [-0.4, -0.2) is 22.8 Å². The minimum absolute atomic E-state index is 0.290. The number of halogens is 1. The second-order valence-corrected chi connectivity index (χ2v) is 7.25. The second-order valence-electron chi connectivity index (χ2n) is 5.76. The standard InChI is InChI=1S/C17H18ClN3O2S/c1-10(19-16(23)11-6-2-3-7-12(11)18)15(22)21-17-20-13-8-4-5-9-14(13)24-17/h2-3,6-7,10H,4-5,8-9H2,1H3,(H,19,23)(H,20,21,22)/t10-/m0/s1. The first-order chi connectivity index (χ1) is 11.5. The van der Waals surface area contributed by atoms with Crippen LogP contribution in [0.3, 0.4) is 0 Å². The third kappa shape index (κ3) is 3.76. The molecular formula is C17H18ClN3O2S. The van der Waals surface area contributed by atoms with Gasteiger partial charge in [-0.1, -0.05) is 23.7 Å². The van der Waals surface area contributed by atoms with Crippen LogP contribution in [0.4, 0.5) is 5.13 Å². The topological polar surface area (TPSA) is 71.1 Å². The maximum Gasteiger partial charge on any atom is 0.253 e. The first kappa shape index (κ1) is 16.9. The van der Waals surface area contributed by atoms with Gasteiger partial charge in [0.1, 0.15) is 6.04 Å². The van der Waals surface area contributed by atoms with Crippen LogP contribution in [-0.2, 0) is 17.6 Å². The Kier molecular flexibility index (Phi) is 5.16. The first-order valence-electron chi connectivity index (χ1n) is 7.89. The number of fused-ring (bicyclic) bond motifs is 1. The summed E-state index contributed by atoms with van der Waals surface area (Å²) >= 11 is 7.52. The van der Waals surface area contributed by atoms with E-state index in [2.05, 4.69) is 15.6 Å². The van der Waals surface area contributed by atoms with Gasteiger partial charge in [0.25, 0.3) is 5.91 Å². The van der Waals surface area contributed by atoms with Gasteiger partial charge in [0.05, 0.1) is 16.3 Å². The zero-order chi connectivity index (χ0) is 17.1. The van der Waals surface area contributed by atoms with Gasteiger partial charge in [-0.2, -0.15) is 0 Å². The molecule has 0 aliphatic heterocycles. The molecule has 0 saturated heterocycles. The molecule has 5 nitrogen and oxygen atoms in total. The van der Waals surface area contributed by atoms with Crippen LogP contribution < -0.4 is 10.6 Å². The zero-order valence-electron chi connectivity index (χ0n) is 13.3. The van der Waals surface area contributed by atoms with Crippen molar-refractivity contribution in [3.8, 4) is 0 Å². The smallest absolute Gasteiger partial charge is 0.253 e. The molecule has 0 unspecified atom stereocenters. The minimum Gasteiger partial charge on any atom is -0.340 e. The van der Waals surface area contributed by atoms with Crippen molar-refractivity contribution in [1.29, 1.82) is 0 Å². The molecule has 0 radical (unpaired) electrons. The maximum absolute atomic E-state index is 12.3. The highest BCUT2D eigenvalue weighted by Gasteiger charge is 2.21. The number of thiazole rings is 1. The van der Waals surface area contributed by atoms with Gasteiger partial charge in [-0.3, -0.25) is 9.59 Å². The third-order valence-electron chi connectivity index (χ3n) is 3.94. The molecule has 1 aromatic carbocycles. The second kappa shape index (κ2) is 7.32. The van der Waals surface area contributed by atoms with E-state index >= 15 is 0 Å². The molecule has 0 fully saturated rings. The molecule has 7 heteroatoms. The van der Waals surface area contributed by atoms with Gasteiger partial charge in [-0.05, 0) is 44.7 Å². The quantitative estimate of drug-likeness (QED) is 0.874. The molecule has 1 aliphatic carbocycles. The summed E-state index contributed by atoms with van der Waals surface area (Å²) < 4.78 is 0. The Hall–Kier alpha value is -1.92. The molecular weight excluding hydrogens is 346 g/mol. The number of nitrogens with one attached hydrogen (secondary N) is 2. The number of hydrogen-bond donors (Lipinski definition) is 2. The molecule has 0 saturated carbocycles. The number of carbonyl (C=O) groups excluding carboxylic acids is 2. The van der Waals surface area contributed by atoms with E-state index in [4.69, 9.17) is 11.6 Å². The van der Waals surface area contributed by atoms with Crippen molar-refractivity contribution in [2.45, 2.75) is 38.6 Å². The molecule has 1 atom stereocenters. The highest BCUT2D eigenvalue weighted by Crippen LogP contribution is 2.29. The summed E-state index contributed by atoms with van der Waals surface area (Å²) in [7, 11) is 0.